The number of anilines is 1. The maximum absolute atomic E-state index is 13.7. The van der Waals surface area contributed by atoms with Crippen molar-refractivity contribution in [2.45, 2.75) is 115 Å². The van der Waals surface area contributed by atoms with Crippen molar-refractivity contribution >= 4 is 21.7 Å². The molecule has 3 N–H and O–H groups in total. The summed E-state index contributed by atoms with van der Waals surface area (Å²) in [5, 5.41) is 25.5. The van der Waals surface area contributed by atoms with Crippen LogP contribution in [0.2, 0.25) is 0 Å². The van der Waals surface area contributed by atoms with Crippen LogP contribution in [0.25, 0.3) is 0 Å². The lowest BCUT2D eigenvalue weighted by molar-refractivity contribution is -0.252. The fourth-order valence-corrected chi connectivity index (χ4v) is 9.18. The zero-order chi connectivity index (χ0) is 36.7. The lowest BCUT2D eigenvalue weighted by atomic mass is 9.61. The van der Waals surface area contributed by atoms with Crippen LogP contribution in [-0.2, 0) is 24.2 Å². The molecule has 9 atom stereocenters. The number of hydrogen-bond acceptors (Lipinski definition) is 9. The summed E-state index contributed by atoms with van der Waals surface area (Å²) >= 11 is 0. The first-order valence-electron chi connectivity index (χ1n) is 17.5. The lowest BCUT2D eigenvalue weighted by Gasteiger charge is -2.53. The van der Waals surface area contributed by atoms with Gasteiger partial charge in [0.15, 0.2) is 0 Å². The van der Waals surface area contributed by atoms with Crippen LogP contribution in [0, 0.1) is 29.6 Å². The van der Waals surface area contributed by atoms with E-state index < -0.39 is 39.4 Å². The molecule has 0 aromatic heterocycles. The third kappa shape index (κ3) is 8.79. The van der Waals surface area contributed by atoms with Crippen molar-refractivity contribution in [1.82, 2.24) is 0 Å². The van der Waals surface area contributed by atoms with Gasteiger partial charge in [-0.15, -0.1) is 0 Å². The first kappa shape index (κ1) is 40.7. The van der Waals surface area contributed by atoms with Gasteiger partial charge in [0.1, 0.15) is 23.1 Å². The number of ether oxygens (including phenoxy) is 4. The minimum Gasteiger partial charge on any atom is -0.497 e. The highest BCUT2D eigenvalue weighted by Crippen LogP contribution is 2.54. The first-order valence-corrected chi connectivity index (χ1v) is 19.0. The summed E-state index contributed by atoms with van der Waals surface area (Å²) in [5.41, 5.74) is -2.92. The second-order valence-corrected chi connectivity index (χ2v) is 16.0. The zero-order valence-electron chi connectivity index (χ0n) is 30.9. The second kappa shape index (κ2) is 17.0. The van der Waals surface area contributed by atoms with Gasteiger partial charge in [-0.2, -0.15) is 0 Å². The fraction of sp³-hybridized carbons (Fsp3) is 0.658. The number of hydrogen-bond donors (Lipinski definition) is 3. The van der Waals surface area contributed by atoms with Gasteiger partial charge >= 0.3 is 5.97 Å². The second-order valence-electron chi connectivity index (χ2n) is 14.3. The van der Waals surface area contributed by atoms with Crippen molar-refractivity contribution in [2.24, 2.45) is 29.6 Å². The standard InChI is InChI=1S/C38H59NO9S/c1-11-14-29(37(41,23-27(6)45-8)38(42)26(5)21-25(4)35(38)47-10)22-33(24(2)3)28(7)48-36(40)32-15-12-13-16-34(32)39-49(43,44)31-19-17-30(46-9)18-20-31/h12-13,15-20,24-29,33,35,39,41-42H,11,14,21-23H2,1-10H3/t25-,26?,27+,28-,29+,33?,35-,37-,38-/m0/s1. The number of para-hydroxylation sites is 1. The summed E-state index contributed by atoms with van der Waals surface area (Å²) in [6, 6.07) is 12.3. The van der Waals surface area contributed by atoms with E-state index in [-0.39, 0.29) is 58.3 Å². The Hall–Kier alpha value is -2.70. The fourth-order valence-electron chi connectivity index (χ4n) is 8.10. The Kier molecular flexibility index (Phi) is 14.1. The third-order valence-corrected chi connectivity index (χ3v) is 12.1. The average molecular weight is 706 g/mol. The quantitative estimate of drug-likeness (QED) is 0.145. The van der Waals surface area contributed by atoms with E-state index in [1.807, 2.05) is 27.7 Å². The molecule has 0 amide bonds. The van der Waals surface area contributed by atoms with Crippen molar-refractivity contribution in [3.05, 3.63) is 54.1 Å². The number of methoxy groups -OCH3 is 3. The topological polar surface area (TPSA) is 141 Å². The largest absolute Gasteiger partial charge is 0.497 e. The van der Waals surface area contributed by atoms with Gasteiger partial charge in [-0.3, -0.25) is 4.72 Å². The van der Waals surface area contributed by atoms with Crippen LogP contribution in [0.4, 0.5) is 5.69 Å². The highest BCUT2D eigenvalue weighted by atomic mass is 32.2. The first-order chi connectivity index (χ1) is 23.0. The Bertz CT molecular complexity index is 1470. The molecular weight excluding hydrogens is 646 g/mol. The van der Waals surface area contributed by atoms with Crippen molar-refractivity contribution in [3.8, 4) is 5.75 Å². The van der Waals surface area contributed by atoms with Crippen LogP contribution < -0.4 is 9.46 Å². The molecule has 0 aliphatic heterocycles. The number of rotatable bonds is 18. The van der Waals surface area contributed by atoms with Crippen LogP contribution in [-0.4, -0.2) is 75.4 Å². The molecule has 0 spiro atoms. The van der Waals surface area contributed by atoms with E-state index in [4.69, 9.17) is 18.9 Å². The molecule has 2 unspecified atom stereocenters. The predicted octanol–water partition coefficient (Wildman–Crippen LogP) is 6.70. The molecule has 11 heteroatoms. The van der Waals surface area contributed by atoms with Crippen LogP contribution in [0.15, 0.2) is 53.4 Å². The van der Waals surface area contributed by atoms with E-state index in [0.717, 1.165) is 6.42 Å². The van der Waals surface area contributed by atoms with E-state index in [2.05, 4.69) is 25.5 Å². The highest BCUT2D eigenvalue weighted by Gasteiger charge is 2.65. The van der Waals surface area contributed by atoms with Gasteiger partial charge in [-0.25, -0.2) is 13.2 Å². The monoisotopic (exact) mass is 705 g/mol. The molecule has 0 bridgehead atoms. The number of benzene rings is 2. The van der Waals surface area contributed by atoms with Crippen LogP contribution in [0.3, 0.4) is 0 Å². The van der Waals surface area contributed by atoms with Crippen LogP contribution in [0.5, 0.6) is 5.75 Å². The Balaban J connectivity index is 1.93. The van der Waals surface area contributed by atoms with Gasteiger partial charge in [0.05, 0.1) is 35.5 Å². The van der Waals surface area contributed by atoms with Crippen molar-refractivity contribution < 1.29 is 42.4 Å². The minimum atomic E-state index is -4.02. The molecule has 0 heterocycles. The number of aliphatic hydroxyl groups is 2. The molecule has 2 aromatic carbocycles. The van der Waals surface area contributed by atoms with Crippen molar-refractivity contribution in [2.75, 3.05) is 26.1 Å². The summed E-state index contributed by atoms with van der Waals surface area (Å²) in [6.07, 6.45) is 1.29. The van der Waals surface area contributed by atoms with Crippen LogP contribution in [0.1, 0.15) is 90.9 Å². The van der Waals surface area contributed by atoms with E-state index in [0.29, 0.717) is 25.0 Å². The molecule has 1 aliphatic rings. The molecule has 1 aliphatic carbocycles. The molecule has 49 heavy (non-hydrogen) atoms. The molecule has 1 saturated carbocycles. The number of sulfonamides is 1. The molecule has 0 radical (unpaired) electrons. The SMILES string of the molecule is CCC[C@H](CC(C(C)C)[C@H](C)OC(=O)c1ccccc1NS(=O)(=O)c1ccc(OC)cc1)[C@@](O)(C[C@@H](C)OC)[C@]1(O)C(C)C[C@H](C)[C@@H]1OC. The summed E-state index contributed by atoms with van der Waals surface area (Å²) in [6.45, 7) is 13.9. The molecule has 0 saturated heterocycles. The summed E-state index contributed by atoms with van der Waals surface area (Å²) in [7, 11) is 0.672. The smallest absolute Gasteiger partial charge is 0.340 e. The van der Waals surface area contributed by atoms with Crippen LogP contribution >= 0.6 is 0 Å². The van der Waals surface area contributed by atoms with Gasteiger partial charge in [-0.05, 0) is 99.1 Å². The highest BCUT2D eigenvalue weighted by molar-refractivity contribution is 7.92. The minimum absolute atomic E-state index is 0.0188. The van der Waals surface area contributed by atoms with E-state index in [1.54, 1.807) is 38.5 Å². The average Bonchev–Trinajstić information content (AvgIpc) is 3.29. The van der Waals surface area contributed by atoms with E-state index >= 15 is 0 Å². The van der Waals surface area contributed by atoms with Crippen molar-refractivity contribution in [1.29, 1.82) is 0 Å². The summed E-state index contributed by atoms with van der Waals surface area (Å²) in [5.74, 6) is -0.869. The third-order valence-electron chi connectivity index (χ3n) is 10.8. The molecule has 276 valence electrons. The van der Waals surface area contributed by atoms with Crippen molar-refractivity contribution in [3.63, 3.8) is 0 Å². The Labute approximate surface area is 293 Å². The molecule has 10 nitrogen and oxygen atoms in total. The number of carbonyl (C=O) groups is 1. The van der Waals surface area contributed by atoms with Gasteiger partial charge in [0.2, 0.25) is 0 Å². The predicted molar refractivity (Wildman–Crippen MR) is 191 cm³/mol. The molecule has 2 aromatic rings. The summed E-state index contributed by atoms with van der Waals surface area (Å²) in [4.78, 5) is 13.7. The Morgan fingerprint density at radius 1 is 1.04 bits per heavy atom. The number of nitrogens with one attached hydrogen (secondary N) is 1. The number of carbonyl (C=O) groups excluding carboxylic acids is 1. The van der Waals surface area contributed by atoms with Gasteiger partial charge in [0.25, 0.3) is 10.0 Å². The van der Waals surface area contributed by atoms with Gasteiger partial charge in [-0.1, -0.05) is 53.2 Å². The molecule has 1 fully saturated rings. The molecule has 3 rings (SSSR count). The normalized spacial score (nSPS) is 24.9. The lowest BCUT2D eigenvalue weighted by Crippen LogP contribution is -2.67. The summed E-state index contributed by atoms with van der Waals surface area (Å²) < 4.78 is 51.8. The maximum atomic E-state index is 13.7. The zero-order valence-corrected chi connectivity index (χ0v) is 31.8. The van der Waals surface area contributed by atoms with Gasteiger partial charge < -0.3 is 29.2 Å². The van der Waals surface area contributed by atoms with Gasteiger partial charge in [0, 0.05) is 20.6 Å². The molecular formula is C38H59NO9S. The number of esters is 1. The van der Waals surface area contributed by atoms with E-state index in [9.17, 15) is 23.4 Å². The Morgan fingerprint density at radius 2 is 1.67 bits per heavy atom. The maximum Gasteiger partial charge on any atom is 0.340 e. The Morgan fingerprint density at radius 3 is 2.22 bits per heavy atom. The van der Waals surface area contributed by atoms with E-state index in [1.165, 1.54) is 31.4 Å².